The van der Waals surface area contributed by atoms with E-state index in [0.717, 1.165) is 44.7 Å². The smallest absolute Gasteiger partial charge is 0.236 e. The highest BCUT2D eigenvalue weighted by molar-refractivity contribution is 5.78. The molecule has 2 aliphatic heterocycles. The van der Waals surface area contributed by atoms with E-state index in [-0.39, 0.29) is 5.91 Å². The van der Waals surface area contributed by atoms with Crippen molar-refractivity contribution in [3.05, 3.63) is 35.7 Å². The van der Waals surface area contributed by atoms with Crippen LogP contribution in [-0.4, -0.2) is 66.3 Å². The zero-order valence-corrected chi connectivity index (χ0v) is 15.2. The molecule has 8 nitrogen and oxygen atoms in total. The van der Waals surface area contributed by atoms with Gasteiger partial charge in [0, 0.05) is 45.6 Å². The molecule has 1 saturated heterocycles. The first kappa shape index (κ1) is 17.2. The van der Waals surface area contributed by atoms with Crippen molar-refractivity contribution in [1.82, 2.24) is 29.1 Å². The molecule has 1 N–H and O–H groups in total. The Morgan fingerprint density at radius 3 is 2.77 bits per heavy atom. The molecule has 0 bridgehead atoms. The normalized spacial score (nSPS) is 19.4. The summed E-state index contributed by atoms with van der Waals surface area (Å²) in [5.74, 6) is 0.809. The molecule has 0 spiro atoms. The number of aryl methyl sites for hydroxylation is 1. The molecule has 2 aromatic heterocycles. The first-order chi connectivity index (χ1) is 12.6. The summed E-state index contributed by atoms with van der Waals surface area (Å²) in [6.45, 7) is 4.46. The summed E-state index contributed by atoms with van der Waals surface area (Å²) in [6, 6.07) is 1.93. The van der Waals surface area contributed by atoms with Gasteiger partial charge in [-0.1, -0.05) is 0 Å². The van der Waals surface area contributed by atoms with Gasteiger partial charge in [-0.3, -0.25) is 14.4 Å². The first-order valence-electron chi connectivity index (χ1n) is 9.34. The van der Waals surface area contributed by atoms with Crippen LogP contribution in [0.4, 0.5) is 0 Å². The van der Waals surface area contributed by atoms with Crippen molar-refractivity contribution in [3.8, 4) is 0 Å². The number of carbonyl (C=O) groups is 1. The number of rotatable bonds is 4. The van der Waals surface area contributed by atoms with Gasteiger partial charge in [0.15, 0.2) is 6.10 Å². The Balaban J connectivity index is 1.42. The molecule has 8 heteroatoms. The highest BCUT2D eigenvalue weighted by atomic mass is 16.3. The van der Waals surface area contributed by atoms with Crippen LogP contribution in [0.15, 0.2) is 18.5 Å². The number of aromatic nitrogens is 4. The molecule has 140 valence electrons. The van der Waals surface area contributed by atoms with E-state index in [9.17, 15) is 9.90 Å². The van der Waals surface area contributed by atoms with Gasteiger partial charge in [0.1, 0.15) is 5.82 Å². The Labute approximate surface area is 153 Å². The van der Waals surface area contributed by atoms with E-state index in [1.54, 1.807) is 10.8 Å². The Morgan fingerprint density at radius 2 is 2.04 bits per heavy atom. The fourth-order valence-corrected chi connectivity index (χ4v) is 3.82. The molecule has 2 aliphatic rings. The van der Waals surface area contributed by atoms with Gasteiger partial charge >= 0.3 is 0 Å². The van der Waals surface area contributed by atoms with Gasteiger partial charge in [-0.05, 0) is 25.3 Å². The van der Waals surface area contributed by atoms with Gasteiger partial charge in [0.25, 0.3) is 0 Å². The van der Waals surface area contributed by atoms with Gasteiger partial charge in [0.2, 0.25) is 5.91 Å². The van der Waals surface area contributed by atoms with Crippen LogP contribution in [0, 0.1) is 0 Å². The van der Waals surface area contributed by atoms with E-state index in [1.165, 1.54) is 6.42 Å². The molecule has 4 rings (SSSR count). The van der Waals surface area contributed by atoms with E-state index in [4.69, 9.17) is 0 Å². The molecular weight excluding hydrogens is 332 g/mol. The second-order valence-electron chi connectivity index (χ2n) is 7.23. The summed E-state index contributed by atoms with van der Waals surface area (Å²) >= 11 is 0. The molecule has 0 aromatic carbocycles. The summed E-state index contributed by atoms with van der Waals surface area (Å²) in [7, 11) is 1.86. The zero-order valence-electron chi connectivity index (χ0n) is 15.2. The quantitative estimate of drug-likeness (QED) is 0.862. The average Bonchev–Trinajstić information content (AvgIpc) is 3.27. The summed E-state index contributed by atoms with van der Waals surface area (Å²) < 4.78 is 3.73. The summed E-state index contributed by atoms with van der Waals surface area (Å²) in [6.07, 6.45) is 6.11. The molecule has 0 saturated carbocycles. The Morgan fingerprint density at radius 1 is 1.23 bits per heavy atom. The molecule has 2 aromatic rings. The molecule has 1 fully saturated rings. The molecular formula is C18H26N6O2. The third-order valence-electron chi connectivity index (χ3n) is 5.35. The molecule has 1 amide bonds. The molecule has 1 atom stereocenters. The summed E-state index contributed by atoms with van der Waals surface area (Å²) in [5, 5.41) is 15.1. The fraction of sp³-hybridized carbons (Fsp3) is 0.611. The molecule has 4 heterocycles. The van der Waals surface area contributed by atoms with Gasteiger partial charge in [-0.15, -0.1) is 0 Å². The number of hydrogen-bond donors (Lipinski definition) is 1. The monoisotopic (exact) mass is 358 g/mol. The van der Waals surface area contributed by atoms with Crippen LogP contribution >= 0.6 is 0 Å². The lowest BCUT2D eigenvalue weighted by Gasteiger charge is -2.31. The van der Waals surface area contributed by atoms with E-state index in [1.807, 2.05) is 28.9 Å². The van der Waals surface area contributed by atoms with Crippen LogP contribution in [0.3, 0.4) is 0 Å². The topological polar surface area (TPSA) is 79.4 Å². The number of hydrogen-bond acceptors (Lipinski definition) is 5. The van der Waals surface area contributed by atoms with Crippen LogP contribution < -0.4 is 0 Å². The van der Waals surface area contributed by atoms with Gasteiger partial charge < -0.3 is 14.6 Å². The molecule has 26 heavy (non-hydrogen) atoms. The number of aliphatic hydroxyl groups excluding tert-OH is 1. The summed E-state index contributed by atoms with van der Waals surface area (Å²) in [4.78, 5) is 20.9. The van der Waals surface area contributed by atoms with Crippen molar-refractivity contribution in [2.75, 3.05) is 26.2 Å². The van der Waals surface area contributed by atoms with E-state index < -0.39 is 6.10 Å². The predicted octanol–water partition coefficient (Wildman–Crippen LogP) is 0.526. The van der Waals surface area contributed by atoms with E-state index in [0.29, 0.717) is 24.6 Å². The maximum atomic E-state index is 12.5. The number of aliphatic hydroxyl groups is 1. The van der Waals surface area contributed by atoms with Crippen LogP contribution in [-0.2, 0) is 24.9 Å². The third kappa shape index (κ3) is 3.39. The minimum Gasteiger partial charge on any atom is -0.379 e. The molecule has 1 unspecified atom stereocenters. The lowest BCUT2D eigenvalue weighted by atomic mass is 10.1. The van der Waals surface area contributed by atoms with Crippen LogP contribution in [0.1, 0.15) is 42.6 Å². The fourth-order valence-electron chi connectivity index (χ4n) is 3.82. The Kier molecular flexibility index (Phi) is 4.78. The van der Waals surface area contributed by atoms with E-state index in [2.05, 4.69) is 15.0 Å². The maximum absolute atomic E-state index is 12.5. The SMILES string of the molecule is Cn1ccnc1C(O)c1cc2n(n1)CCN(CC(=O)N1CCCCC1)C2. The standard InChI is InChI=1S/C18H26N6O2/c1-21-8-5-19-18(21)17(26)15-11-14-12-22(9-10-24(14)20-15)13-16(25)23-6-3-2-4-7-23/h5,8,11,17,26H,2-4,6-7,9-10,12-13H2,1H3. The number of amides is 1. The van der Waals surface area contributed by atoms with Crippen molar-refractivity contribution >= 4 is 5.91 Å². The van der Waals surface area contributed by atoms with Gasteiger partial charge in [-0.2, -0.15) is 5.10 Å². The van der Waals surface area contributed by atoms with E-state index >= 15 is 0 Å². The lowest BCUT2D eigenvalue weighted by molar-refractivity contribution is -0.133. The number of imidazole rings is 1. The number of nitrogens with zero attached hydrogens (tertiary/aromatic N) is 6. The Hall–Kier alpha value is -2.19. The van der Waals surface area contributed by atoms with Crippen molar-refractivity contribution in [1.29, 1.82) is 0 Å². The first-order valence-corrected chi connectivity index (χ1v) is 9.34. The number of piperidine rings is 1. The van der Waals surface area contributed by atoms with Crippen molar-refractivity contribution in [2.45, 2.75) is 38.5 Å². The average molecular weight is 358 g/mol. The van der Waals surface area contributed by atoms with Crippen molar-refractivity contribution < 1.29 is 9.90 Å². The van der Waals surface area contributed by atoms with Crippen LogP contribution in [0.25, 0.3) is 0 Å². The van der Waals surface area contributed by atoms with Crippen LogP contribution in [0.2, 0.25) is 0 Å². The second-order valence-corrected chi connectivity index (χ2v) is 7.23. The summed E-state index contributed by atoms with van der Waals surface area (Å²) in [5.41, 5.74) is 1.64. The zero-order chi connectivity index (χ0) is 18.1. The van der Waals surface area contributed by atoms with Crippen molar-refractivity contribution in [3.63, 3.8) is 0 Å². The van der Waals surface area contributed by atoms with Crippen molar-refractivity contribution in [2.24, 2.45) is 7.05 Å². The predicted molar refractivity (Wildman–Crippen MR) is 95.2 cm³/mol. The minimum absolute atomic E-state index is 0.228. The number of likely N-dealkylation sites (tertiary alicyclic amines) is 1. The van der Waals surface area contributed by atoms with Gasteiger partial charge in [0.05, 0.1) is 24.5 Å². The minimum atomic E-state index is -0.837. The van der Waals surface area contributed by atoms with Crippen LogP contribution in [0.5, 0.6) is 0 Å². The number of fused-ring (bicyclic) bond motifs is 1. The Bertz CT molecular complexity index is 776. The highest BCUT2D eigenvalue weighted by Crippen LogP contribution is 2.22. The third-order valence-corrected chi connectivity index (χ3v) is 5.35. The lowest BCUT2D eigenvalue weighted by Crippen LogP contribution is -2.44. The van der Waals surface area contributed by atoms with Gasteiger partial charge in [-0.25, -0.2) is 4.98 Å². The molecule has 0 aliphatic carbocycles. The molecule has 0 radical (unpaired) electrons. The number of carbonyl (C=O) groups excluding carboxylic acids is 1. The second kappa shape index (κ2) is 7.20. The highest BCUT2D eigenvalue weighted by Gasteiger charge is 2.26. The largest absolute Gasteiger partial charge is 0.379 e. The maximum Gasteiger partial charge on any atom is 0.236 e.